The summed E-state index contributed by atoms with van der Waals surface area (Å²) in [6.45, 7) is 3.48. The third-order valence-corrected chi connectivity index (χ3v) is 8.46. The maximum absolute atomic E-state index is 12.0. The minimum Gasteiger partial charge on any atom is -0.493 e. The van der Waals surface area contributed by atoms with Crippen molar-refractivity contribution in [3.63, 3.8) is 0 Å². The van der Waals surface area contributed by atoms with Crippen LogP contribution >= 0.6 is 0 Å². The van der Waals surface area contributed by atoms with Gasteiger partial charge in [0.2, 0.25) is 0 Å². The van der Waals surface area contributed by atoms with Crippen molar-refractivity contribution in [2.75, 3.05) is 25.5 Å². The number of sulfone groups is 1. The molecule has 1 N–H and O–H groups in total. The van der Waals surface area contributed by atoms with Crippen molar-refractivity contribution in [2.24, 2.45) is 5.92 Å². The molecule has 0 spiro atoms. The van der Waals surface area contributed by atoms with Gasteiger partial charge in [-0.3, -0.25) is 4.90 Å². The minimum atomic E-state index is -3.44. The van der Waals surface area contributed by atoms with Crippen molar-refractivity contribution >= 4 is 9.84 Å². The molecule has 0 radical (unpaired) electrons. The minimum absolute atomic E-state index is 0.205. The van der Waals surface area contributed by atoms with E-state index < -0.39 is 9.84 Å². The maximum Gasteiger partial charge on any atom is 0.180 e. The Bertz CT molecular complexity index is 1090. The number of nitriles is 1. The topological polar surface area (TPSA) is 90.6 Å². The average molecular weight is 455 g/mol. The van der Waals surface area contributed by atoms with Gasteiger partial charge in [-0.1, -0.05) is 6.07 Å². The van der Waals surface area contributed by atoms with Crippen molar-refractivity contribution in [1.82, 2.24) is 4.90 Å². The van der Waals surface area contributed by atoms with Crippen LogP contribution in [-0.4, -0.2) is 56.0 Å². The fraction of sp³-hybridized carbons (Fsp3) is 0.480. The monoisotopic (exact) mass is 454 g/mol. The lowest BCUT2D eigenvalue weighted by atomic mass is 9.86. The van der Waals surface area contributed by atoms with Crippen LogP contribution in [0, 0.1) is 17.2 Å². The Labute approximate surface area is 190 Å². The molecule has 170 valence electrons. The van der Waals surface area contributed by atoms with Gasteiger partial charge in [0.1, 0.15) is 5.75 Å². The van der Waals surface area contributed by atoms with E-state index in [9.17, 15) is 13.7 Å². The number of hydrogen-bond donors (Lipinski definition) is 1. The van der Waals surface area contributed by atoms with Gasteiger partial charge in [0.05, 0.1) is 35.5 Å². The Morgan fingerprint density at radius 2 is 1.97 bits per heavy atom. The van der Waals surface area contributed by atoms with Crippen LogP contribution in [0.15, 0.2) is 47.4 Å². The molecule has 1 heterocycles. The average Bonchev–Trinajstić information content (AvgIpc) is 3.17. The lowest BCUT2D eigenvalue weighted by Crippen LogP contribution is -2.41. The van der Waals surface area contributed by atoms with Crippen LogP contribution in [0.25, 0.3) is 0 Å². The van der Waals surface area contributed by atoms with Gasteiger partial charge in [-0.05, 0) is 80.1 Å². The van der Waals surface area contributed by atoms with E-state index in [4.69, 9.17) is 9.84 Å². The van der Waals surface area contributed by atoms with Crippen molar-refractivity contribution in [2.45, 2.75) is 49.6 Å². The zero-order valence-corrected chi connectivity index (χ0v) is 19.2. The largest absolute Gasteiger partial charge is 0.493 e. The Balaban J connectivity index is 1.33. The van der Waals surface area contributed by atoms with E-state index in [2.05, 4.69) is 24.0 Å². The molecule has 0 saturated carbocycles. The third kappa shape index (κ3) is 4.98. The fourth-order valence-electron chi connectivity index (χ4n) is 5.09. The first-order valence-corrected chi connectivity index (χ1v) is 12.9. The van der Waals surface area contributed by atoms with Crippen LogP contribution in [0.1, 0.15) is 36.5 Å². The summed E-state index contributed by atoms with van der Waals surface area (Å²) in [4.78, 5) is 2.80. The summed E-state index contributed by atoms with van der Waals surface area (Å²) in [7, 11) is -3.44. The predicted molar refractivity (Wildman–Crippen MR) is 122 cm³/mol. The number of aliphatic hydroxyl groups is 1. The standard InChI is InChI=1S/C25H30N2O4S/c1-18-12-20(17-31-24-6-8-25(9-7-24)32(29,30)11-10-28)16-27(18)23-5-4-21-3-2-19(15-26)13-22(21)14-23/h2-3,6-9,13,18,20,23,28H,4-5,10-12,14,16-17H2,1H3. The molecule has 1 aliphatic heterocycles. The first-order valence-electron chi connectivity index (χ1n) is 11.2. The number of aliphatic hydroxyl groups excluding tert-OH is 1. The van der Waals surface area contributed by atoms with Crippen molar-refractivity contribution in [3.8, 4) is 11.8 Å². The third-order valence-electron chi connectivity index (χ3n) is 6.75. The van der Waals surface area contributed by atoms with E-state index in [-0.39, 0.29) is 17.3 Å². The van der Waals surface area contributed by atoms with Crippen molar-refractivity contribution in [3.05, 3.63) is 59.2 Å². The van der Waals surface area contributed by atoms with E-state index in [0.717, 1.165) is 37.8 Å². The summed E-state index contributed by atoms with van der Waals surface area (Å²) in [5, 5.41) is 18.1. The van der Waals surface area contributed by atoms with Gasteiger partial charge in [-0.15, -0.1) is 0 Å². The number of nitrogens with zero attached hydrogens (tertiary/aromatic N) is 2. The molecule has 4 rings (SSSR count). The molecule has 1 saturated heterocycles. The van der Waals surface area contributed by atoms with Gasteiger partial charge >= 0.3 is 0 Å². The maximum atomic E-state index is 12.0. The molecule has 32 heavy (non-hydrogen) atoms. The van der Waals surface area contributed by atoms with Gasteiger partial charge in [0.15, 0.2) is 9.84 Å². The highest BCUT2D eigenvalue weighted by atomic mass is 32.2. The highest BCUT2D eigenvalue weighted by molar-refractivity contribution is 7.91. The van der Waals surface area contributed by atoms with Crippen LogP contribution in [-0.2, 0) is 22.7 Å². The van der Waals surface area contributed by atoms with Crippen LogP contribution in [0.2, 0.25) is 0 Å². The van der Waals surface area contributed by atoms with E-state index in [1.54, 1.807) is 24.3 Å². The summed E-state index contributed by atoms with van der Waals surface area (Å²) in [5.41, 5.74) is 3.42. The normalized spacial score (nSPS) is 23.5. The quantitative estimate of drug-likeness (QED) is 0.692. The molecule has 2 aromatic carbocycles. The lowest BCUT2D eigenvalue weighted by Gasteiger charge is -2.35. The second-order valence-corrected chi connectivity index (χ2v) is 11.1. The van der Waals surface area contributed by atoms with Crippen LogP contribution in [0.4, 0.5) is 0 Å². The fourth-order valence-corrected chi connectivity index (χ4v) is 6.11. The smallest absolute Gasteiger partial charge is 0.180 e. The number of fused-ring (bicyclic) bond motifs is 1. The second-order valence-electron chi connectivity index (χ2n) is 8.96. The van der Waals surface area contributed by atoms with Gasteiger partial charge in [0, 0.05) is 24.5 Å². The molecule has 1 fully saturated rings. The van der Waals surface area contributed by atoms with E-state index in [1.165, 1.54) is 11.1 Å². The zero-order valence-electron chi connectivity index (χ0n) is 18.4. The predicted octanol–water partition coefficient (Wildman–Crippen LogP) is 2.97. The lowest BCUT2D eigenvalue weighted by molar-refractivity contribution is 0.164. The summed E-state index contributed by atoms with van der Waals surface area (Å²) in [6, 6.07) is 15.8. The molecule has 3 atom stereocenters. The number of ether oxygens (including phenoxy) is 1. The summed E-state index contributed by atoms with van der Waals surface area (Å²) in [6.07, 6.45) is 4.26. The van der Waals surface area contributed by atoms with Gasteiger partial charge < -0.3 is 9.84 Å². The molecule has 0 aromatic heterocycles. The second kappa shape index (κ2) is 9.62. The molecular formula is C25H30N2O4S. The summed E-state index contributed by atoms with van der Waals surface area (Å²) in [5.74, 6) is 0.816. The highest BCUT2D eigenvalue weighted by Crippen LogP contribution is 2.32. The van der Waals surface area contributed by atoms with Gasteiger partial charge in [-0.2, -0.15) is 5.26 Å². The zero-order chi connectivity index (χ0) is 22.7. The first-order chi connectivity index (χ1) is 15.4. The first kappa shape index (κ1) is 22.8. The number of rotatable bonds is 7. The van der Waals surface area contributed by atoms with Gasteiger partial charge in [0.25, 0.3) is 0 Å². The van der Waals surface area contributed by atoms with Crippen LogP contribution in [0.5, 0.6) is 5.75 Å². The molecule has 0 bridgehead atoms. The Hall–Kier alpha value is -2.40. The molecule has 2 aromatic rings. The van der Waals surface area contributed by atoms with Gasteiger partial charge in [-0.25, -0.2) is 8.42 Å². The molecular weight excluding hydrogens is 424 g/mol. The molecule has 3 unspecified atom stereocenters. The Morgan fingerprint density at radius 3 is 2.69 bits per heavy atom. The molecule has 2 aliphatic rings. The van der Waals surface area contributed by atoms with Crippen molar-refractivity contribution in [1.29, 1.82) is 5.26 Å². The van der Waals surface area contributed by atoms with Crippen molar-refractivity contribution < 1.29 is 18.3 Å². The van der Waals surface area contributed by atoms with Crippen LogP contribution in [0.3, 0.4) is 0 Å². The number of hydrogen-bond acceptors (Lipinski definition) is 6. The highest BCUT2D eigenvalue weighted by Gasteiger charge is 2.35. The molecule has 1 aliphatic carbocycles. The Kier molecular flexibility index (Phi) is 6.85. The number of benzene rings is 2. The van der Waals surface area contributed by atoms with Crippen LogP contribution < -0.4 is 4.74 Å². The number of aryl methyl sites for hydroxylation is 1. The summed E-state index contributed by atoms with van der Waals surface area (Å²) >= 11 is 0. The Morgan fingerprint density at radius 1 is 1.19 bits per heavy atom. The molecule has 0 amide bonds. The molecule has 7 heteroatoms. The van der Waals surface area contributed by atoms with E-state index in [1.807, 2.05) is 12.1 Å². The number of likely N-dealkylation sites (tertiary alicyclic amines) is 1. The molecule has 6 nitrogen and oxygen atoms in total. The van der Waals surface area contributed by atoms with E-state index in [0.29, 0.717) is 30.4 Å². The summed E-state index contributed by atoms with van der Waals surface area (Å²) < 4.78 is 30.0. The van der Waals surface area contributed by atoms with E-state index >= 15 is 0 Å². The SMILES string of the molecule is CC1CC(COc2ccc(S(=O)(=O)CCO)cc2)CN1C1CCc2ccc(C#N)cc2C1.